The molecule has 6 nitrogen and oxygen atoms in total. The molecule has 1 aliphatic heterocycles. The third-order valence-corrected chi connectivity index (χ3v) is 6.82. The van der Waals surface area contributed by atoms with Gasteiger partial charge in [0.15, 0.2) is 0 Å². The molecule has 0 aliphatic carbocycles. The van der Waals surface area contributed by atoms with Crippen LogP contribution in [0.2, 0.25) is 5.02 Å². The molecule has 2 amide bonds. The second kappa shape index (κ2) is 9.11. The van der Waals surface area contributed by atoms with Gasteiger partial charge in [0.2, 0.25) is 0 Å². The van der Waals surface area contributed by atoms with Gasteiger partial charge >= 0.3 is 12.2 Å². The van der Waals surface area contributed by atoms with Gasteiger partial charge in [-0.05, 0) is 35.4 Å². The molecular weight excluding hydrogens is 491 g/mol. The Morgan fingerprint density at radius 2 is 1.59 bits per heavy atom. The molecule has 11 heteroatoms. The van der Waals surface area contributed by atoms with Crippen molar-refractivity contribution < 1.29 is 26.4 Å². The van der Waals surface area contributed by atoms with Crippen molar-refractivity contribution in [3.63, 3.8) is 0 Å². The molecular formula is C23H17ClF3N3O3S. The lowest BCUT2D eigenvalue weighted by Gasteiger charge is -2.17. The minimum atomic E-state index is -4.92. The van der Waals surface area contributed by atoms with Gasteiger partial charge in [0.25, 0.3) is 10.0 Å². The standard InChI is InChI=1S/C23H17ClF3N3O3S/c24-17-12-10-16(11-13-17)21-18(15-6-2-1-3-7-15)14-30(28-21)22(31)29-34(32,33)20-9-5-4-8-19(20)23(25,26)27/h1-13,18H,14H2,(H,29,31). The van der Waals surface area contributed by atoms with E-state index < -0.39 is 38.6 Å². The van der Waals surface area contributed by atoms with E-state index in [1.807, 2.05) is 30.3 Å². The normalized spacial score (nSPS) is 16.3. The quantitative estimate of drug-likeness (QED) is 0.523. The Kier molecular flexibility index (Phi) is 6.37. The summed E-state index contributed by atoms with van der Waals surface area (Å²) in [6, 6.07) is 18.4. The lowest BCUT2D eigenvalue weighted by Crippen LogP contribution is -2.40. The van der Waals surface area contributed by atoms with Crippen LogP contribution in [-0.4, -0.2) is 31.7 Å². The number of nitrogens with zero attached hydrogens (tertiary/aromatic N) is 2. The first-order chi connectivity index (χ1) is 16.1. The Bertz CT molecular complexity index is 1350. The van der Waals surface area contributed by atoms with Crippen molar-refractivity contribution in [2.75, 3.05) is 6.54 Å². The molecule has 1 heterocycles. The van der Waals surface area contributed by atoms with Gasteiger partial charge in [-0.1, -0.05) is 66.2 Å². The minimum Gasteiger partial charge on any atom is -0.246 e. The first kappa shape index (κ1) is 23.8. The molecule has 34 heavy (non-hydrogen) atoms. The van der Waals surface area contributed by atoms with Gasteiger partial charge in [0.05, 0.1) is 22.7 Å². The maximum atomic E-state index is 13.3. The Balaban J connectivity index is 1.65. The average molecular weight is 508 g/mol. The SMILES string of the molecule is O=C(NS(=O)(=O)c1ccccc1C(F)(F)F)N1CC(c2ccccc2)C(c2ccc(Cl)cc2)=N1. The van der Waals surface area contributed by atoms with Crippen molar-refractivity contribution in [2.24, 2.45) is 5.10 Å². The smallest absolute Gasteiger partial charge is 0.246 e. The van der Waals surface area contributed by atoms with E-state index in [-0.39, 0.29) is 6.54 Å². The summed E-state index contributed by atoms with van der Waals surface area (Å²) in [5, 5.41) is 5.70. The monoisotopic (exact) mass is 507 g/mol. The number of benzene rings is 3. The van der Waals surface area contributed by atoms with Crippen LogP contribution in [0.1, 0.15) is 22.6 Å². The topological polar surface area (TPSA) is 78.8 Å². The fourth-order valence-electron chi connectivity index (χ4n) is 3.61. The summed E-state index contributed by atoms with van der Waals surface area (Å²) < 4.78 is 67.0. The lowest BCUT2D eigenvalue weighted by atomic mass is 9.91. The number of amides is 2. The van der Waals surface area contributed by atoms with Gasteiger partial charge in [-0.25, -0.2) is 22.9 Å². The summed E-state index contributed by atoms with van der Waals surface area (Å²) in [5.74, 6) is -0.390. The molecule has 0 bridgehead atoms. The van der Waals surface area contributed by atoms with Gasteiger partial charge in [0.1, 0.15) is 0 Å². The zero-order valence-electron chi connectivity index (χ0n) is 17.3. The van der Waals surface area contributed by atoms with Crippen LogP contribution in [0.25, 0.3) is 0 Å². The van der Waals surface area contributed by atoms with Crippen LogP contribution in [0.15, 0.2) is 88.9 Å². The molecule has 4 rings (SSSR count). The molecule has 1 atom stereocenters. The fraction of sp³-hybridized carbons (Fsp3) is 0.130. The van der Waals surface area contributed by atoms with Gasteiger partial charge in [0, 0.05) is 10.9 Å². The fourth-order valence-corrected chi connectivity index (χ4v) is 4.92. The molecule has 0 saturated heterocycles. The predicted octanol–water partition coefficient (Wildman–Crippen LogP) is 5.26. The van der Waals surface area contributed by atoms with Crippen molar-refractivity contribution in [2.45, 2.75) is 17.0 Å². The van der Waals surface area contributed by atoms with Crippen LogP contribution in [0, 0.1) is 0 Å². The minimum absolute atomic E-state index is 0.00968. The number of urea groups is 1. The second-order valence-electron chi connectivity index (χ2n) is 7.44. The largest absolute Gasteiger partial charge is 0.417 e. The maximum Gasteiger partial charge on any atom is 0.417 e. The number of hydrogen-bond acceptors (Lipinski definition) is 4. The molecule has 3 aromatic carbocycles. The first-order valence-electron chi connectivity index (χ1n) is 9.96. The van der Waals surface area contributed by atoms with Crippen LogP contribution in [0.5, 0.6) is 0 Å². The summed E-state index contributed by atoms with van der Waals surface area (Å²) in [5.41, 5.74) is 0.617. The molecule has 1 N–H and O–H groups in total. The highest BCUT2D eigenvalue weighted by atomic mass is 35.5. The third kappa shape index (κ3) is 4.92. The third-order valence-electron chi connectivity index (χ3n) is 5.19. The molecule has 0 fully saturated rings. The number of alkyl halides is 3. The molecule has 3 aromatic rings. The van der Waals surface area contributed by atoms with Crippen LogP contribution >= 0.6 is 11.6 Å². The number of rotatable bonds is 4. The number of hydrogen-bond donors (Lipinski definition) is 1. The Morgan fingerprint density at radius 3 is 2.24 bits per heavy atom. The maximum absolute atomic E-state index is 13.3. The van der Waals surface area contributed by atoms with E-state index in [0.29, 0.717) is 22.4 Å². The van der Waals surface area contributed by atoms with E-state index in [1.54, 1.807) is 29.0 Å². The Hall–Kier alpha value is -3.37. The van der Waals surface area contributed by atoms with Gasteiger partial charge in [-0.2, -0.15) is 18.3 Å². The summed E-state index contributed by atoms with van der Waals surface area (Å²) in [6.07, 6.45) is -4.92. The van der Waals surface area contributed by atoms with E-state index in [4.69, 9.17) is 11.6 Å². The van der Waals surface area contributed by atoms with E-state index >= 15 is 0 Å². The molecule has 0 radical (unpaired) electrons. The van der Waals surface area contributed by atoms with Gasteiger partial charge in [-0.15, -0.1) is 0 Å². The number of hydrazone groups is 1. The van der Waals surface area contributed by atoms with E-state index in [1.165, 1.54) is 0 Å². The van der Waals surface area contributed by atoms with Crippen molar-refractivity contribution in [3.05, 3.63) is 101 Å². The number of carbonyl (C=O) groups is 1. The van der Waals surface area contributed by atoms with Crippen molar-refractivity contribution in [3.8, 4) is 0 Å². The average Bonchev–Trinajstić information content (AvgIpc) is 3.25. The summed E-state index contributed by atoms with van der Waals surface area (Å²) in [4.78, 5) is 11.8. The van der Waals surface area contributed by atoms with Crippen molar-refractivity contribution >= 4 is 33.4 Å². The summed E-state index contributed by atoms with van der Waals surface area (Å²) in [6.45, 7) is -0.00968. The molecule has 1 aliphatic rings. The van der Waals surface area contributed by atoms with E-state index in [9.17, 15) is 26.4 Å². The number of sulfonamides is 1. The van der Waals surface area contributed by atoms with Gasteiger partial charge < -0.3 is 0 Å². The lowest BCUT2D eigenvalue weighted by molar-refractivity contribution is -0.139. The number of nitrogens with one attached hydrogen (secondary N) is 1. The van der Waals surface area contributed by atoms with Gasteiger partial charge in [-0.3, -0.25) is 0 Å². The van der Waals surface area contributed by atoms with Crippen LogP contribution < -0.4 is 4.72 Å². The van der Waals surface area contributed by atoms with Crippen molar-refractivity contribution in [1.29, 1.82) is 0 Å². The highest BCUT2D eigenvalue weighted by Crippen LogP contribution is 2.34. The zero-order valence-corrected chi connectivity index (χ0v) is 18.9. The second-order valence-corrected chi connectivity index (χ2v) is 9.53. The van der Waals surface area contributed by atoms with Crippen LogP contribution in [-0.2, 0) is 16.2 Å². The zero-order chi connectivity index (χ0) is 24.5. The predicted molar refractivity (Wildman–Crippen MR) is 121 cm³/mol. The molecule has 0 spiro atoms. The number of halogens is 4. The molecule has 0 aromatic heterocycles. The Morgan fingerprint density at radius 1 is 0.971 bits per heavy atom. The molecule has 176 valence electrons. The van der Waals surface area contributed by atoms with Crippen LogP contribution in [0.3, 0.4) is 0 Å². The molecule has 1 unspecified atom stereocenters. The summed E-state index contributed by atoms with van der Waals surface area (Å²) in [7, 11) is -4.83. The highest BCUT2D eigenvalue weighted by Gasteiger charge is 2.39. The first-order valence-corrected chi connectivity index (χ1v) is 11.8. The summed E-state index contributed by atoms with van der Waals surface area (Å²) >= 11 is 5.97. The van der Waals surface area contributed by atoms with E-state index in [0.717, 1.165) is 28.8 Å². The van der Waals surface area contributed by atoms with Crippen LogP contribution in [0.4, 0.5) is 18.0 Å². The van der Waals surface area contributed by atoms with Crippen molar-refractivity contribution in [1.82, 2.24) is 9.73 Å². The number of carbonyl (C=O) groups excluding carboxylic acids is 1. The highest BCUT2D eigenvalue weighted by molar-refractivity contribution is 7.90. The molecule has 0 saturated carbocycles. The van der Waals surface area contributed by atoms with E-state index in [2.05, 4.69) is 5.10 Å². The Labute approximate surface area is 198 Å².